The quantitative estimate of drug-likeness (QED) is 0.579. The first-order valence-electron chi connectivity index (χ1n) is 10.8. The summed E-state index contributed by atoms with van der Waals surface area (Å²) in [5, 5.41) is 11.2. The zero-order valence-electron chi connectivity index (χ0n) is 18.9. The minimum Gasteiger partial charge on any atom is -0.507 e. The molecule has 5 rings (SSSR count). The van der Waals surface area contributed by atoms with E-state index >= 15 is 0 Å². The standard InChI is InChI=1S/C24H21F3O8/c1-23-5-4-13(33-9-24(25,26)27)22(35-23)18-15(34-23)8-12-17(21(18)30)20(29)16-11(19(12)28)6-10(31-2)7-14(16)32-3/h6-8,13,22,30H,4-5,9H2,1-3H3/t13-,22+,23-/m1/s1. The zero-order valence-corrected chi connectivity index (χ0v) is 18.9. The van der Waals surface area contributed by atoms with Gasteiger partial charge in [-0.05, 0) is 18.6 Å². The van der Waals surface area contributed by atoms with E-state index in [-0.39, 0.29) is 52.2 Å². The Labute approximate surface area is 197 Å². The van der Waals surface area contributed by atoms with Gasteiger partial charge in [-0.25, -0.2) is 0 Å². The van der Waals surface area contributed by atoms with Gasteiger partial charge in [0.2, 0.25) is 11.6 Å². The third-order valence-electron chi connectivity index (χ3n) is 6.45. The molecule has 0 radical (unpaired) electrons. The lowest BCUT2D eigenvalue weighted by Gasteiger charge is -2.47. The summed E-state index contributed by atoms with van der Waals surface area (Å²) in [6, 6.07) is 4.15. The normalized spacial score (nSPS) is 24.7. The SMILES string of the molecule is COc1cc(OC)c2c(c1)C(=O)c1cc3c(c(O)c1C2=O)[C@H]1O[C@](C)(CC[C@H]1OCC(F)(F)F)O3. The van der Waals surface area contributed by atoms with Crippen LogP contribution in [0.5, 0.6) is 23.0 Å². The average molecular weight is 494 g/mol. The number of carbonyl (C=O) groups is 2. The molecule has 2 aromatic rings. The highest BCUT2D eigenvalue weighted by Crippen LogP contribution is 2.54. The fourth-order valence-electron chi connectivity index (χ4n) is 4.86. The third-order valence-corrected chi connectivity index (χ3v) is 6.45. The van der Waals surface area contributed by atoms with E-state index in [1.807, 2.05) is 0 Å². The van der Waals surface area contributed by atoms with Gasteiger partial charge < -0.3 is 28.8 Å². The molecule has 0 saturated carbocycles. The van der Waals surface area contributed by atoms with Gasteiger partial charge in [0.05, 0.1) is 37.0 Å². The van der Waals surface area contributed by atoms with Crippen LogP contribution in [0.4, 0.5) is 13.2 Å². The maximum absolute atomic E-state index is 13.5. The Bertz CT molecular complexity index is 1250. The minimum atomic E-state index is -4.56. The highest BCUT2D eigenvalue weighted by Gasteiger charge is 2.50. The molecule has 2 aliphatic heterocycles. The monoisotopic (exact) mass is 494 g/mol. The molecule has 3 atom stereocenters. The molecular formula is C24H21F3O8. The molecule has 0 unspecified atom stereocenters. The molecule has 11 heteroatoms. The lowest BCUT2D eigenvalue weighted by atomic mass is 9.79. The van der Waals surface area contributed by atoms with Crippen molar-refractivity contribution in [2.24, 2.45) is 0 Å². The fraction of sp³-hybridized carbons (Fsp3) is 0.417. The second kappa shape index (κ2) is 7.85. The number of hydrogen-bond acceptors (Lipinski definition) is 8. The Morgan fingerprint density at radius 1 is 1.09 bits per heavy atom. The number of carbonyl (C=O) groups excluding carboxylic acids is 2. The number of ketones is 2. The summed E-state index contributed by atoms with van der Waals surface area (Å²) < 4.78 is 65.9. The number of phenolic OH excluding ortho intramolecular Hbond substituents is 1. The van der Waals surface area contributed by atoms with Crippen molar-refractivity contribution in [3.63, 3.8) is 0 Å². The van der Waals surface area contributed by atoms with E-state index in [1.165, 1.54) is 32.4 Å². The number of ether oxygens (including phenoxy) is 5. The molecule has 0 spiro atoms. The van der Waals surface area contributed by atoms with Gasteiger partial charge in [0.25, 0.3) is 0 Å². The number of alkyl halides is 3. The molecule has 2 bridgehead atoms. The van der Waals surface area contributed by atoms with E-state index < -0.39 is 48.1 Å². The average Bonchev–Trinajstić information content (AvgIpc) is 2.79. The molecule has 1 fully saturated rings. The van der Waals surface area contributed by atoms with Crippen LogP contribution in [0.15, 0.2) is 18.2 Å². The highest BCUT2D eigenvalue weighted by atomic mass is 19.4. The summed E-state index contributed by atoms with van der Waals surface area (Å²) in [6.07, 6.45) is -6.38. The van der Waals surface area contributed by atoms with E-state index in [4.69, 9.17) is 23.7 Å². The van der Waals surface area contributed by atoms with Gasteiger partial charge in [-0.15, -0.1) is 0 Å². The van der Waals surface area contributed by atoms with Crippen molar-refractivity contribution in [1.82, 2.24) is 0 Å². The summed E-state index contributed by atoms with van der Waals surface area (Å²) in [7, 11) is 2.72. The molecule has 1 aliphatic carbocycles. The van der Waals surface area contributed by atoms with E-state index in [2.05, 4.69) is 0 Å². The second-order valence-electron chi connectivity index (χ2n) is 8.75. The van der Waals surface area contributed by atoms with E-state index in [0.717, 1.165) is 0 Å². The predicted octanol–water partition coefficient (Wildman–Crippen LogP) is 4.09. The van der Waals surface area contributed by atoms with Crippen molar-refractivity contribution in [1.29, 1.82) is 0 Å². The molecule has 0 aromatic heterocycles. The molecule has 35 heavy (non-hydrogen) atoms. The number of aromatic hydroxyl groups is 1. The number of hydrogen-bond donors (Lipinski definition) is 1. The molecule has 1 saturated heterocycles. The van der Waals surface area contributed by atoms with E-state index in [0.29, 0.717) is 5.75 Å². The van der Waals surface area contributed by atoms with Gasteiger partial charge in [0.15, 0.2) is 5.78 Å². The van der Waals surface area contributed by atoms with Crippen molar-refractivity contribution >= 4 is 11.6 Å². The van der Waals surface area contributed by atoms with Gasteiger partial charge >= 0.3 is 6.18 Å². The minimum absolute atomic E-state index is 0.0305. The number of rotatable bonds is 4. The van der Waals surface area contributed by atoms with Crippen LogP contribution in [0, 0.1) is 0 Å². The molecule has 2 aromatic carbocycles. The number of methoxy groups -OCH3 is 2. The summed E-state index contributed by atoms with van der Waals surface area (Å²) >= 11 is 0. The van der Waals surface area contributed by atoms with Crippen LogP contribution in [0.1, 0.15) is 63.3 Å². The zero-order chi connectivity index (χ0) is 25.3. The highest BCUT2D eigenvalue weighted by molar-refractivity contribution is 6.30. The van der Waals surface area contributed by atoms with Crippen molar-refractivity contribution in [3.05, 3.63) is 46.0 Å². The van der Waals surface area contributed by atoms with Crippen LogP contribution in [-0.4, -0.2) is 55.6 Å². The topological polar surface area (TPSA) is 101 Å². The number of benzene rings is 2. The molecule has 0 amide bonds. The first-order chi connectivity index (χ1) is 16.5. The Hall–Kier alpha value is -3.31. The van der Waals surface area contributed by atoms with Crippen LogP contribution in [0.3, 0.4) is 0 Å². The number of fused-ring (bicyclic) bond motifs is 6. The number of halogens is 3. The predicted molar refractivity (Wildman–Crippen MR) is 112 cm³/mol. The van der Waals surface area contributed by atoms with Crippen molar-refractivity contribution in [2.75, 3.05) is 20.8 Å². The number of phenols is 1. The Morgan fingerprint density at radius 3 is 2.46 bits per heavy atom. The van der Waals surface area contributed by atoms with Crippen LogP contribution in [-0.2, 0) is 9.47 Å². The van der Waals surface area contributed by atoms with Gasteiger partial charge in [0.1, 0.15) is 35.7 Å². The lowest BCUT2D eigenvalue weighted by molar-refractivity contribution is -0.287. The molecule has 2 heterocycles. The van der Waals surface area contributed by atoms with Gasteiger partial charge in [0, 0.05) is 30.5 Å². The second-order valence-corrected chi connectivity index (χ2v) is 8.75. The first-order valence-corrected chi connectivity index (χ1v) is 10.8. The molecule has 186 valence electrons. The lowest BCUT2D eigenvalue weighted by Crippen LogP contribution is -2.49. The fourth-order valence-corrected chi connectivity index (χ4v) is 4.86. The summed E-state index contributed by atoms with van der Waals surface area (Å²) in [5.74, 6) is -2.66. The van der Waals surface area contributed by atoms with Gasteiger partial charge in [-0.2, -0.15) is 13.2 Å². The Kier molecular flexibility index (Phi) is 5.26. The summed E-state index contributed by atoms with van der Waals surface area (Å²) in [4.78, 5) is 26.9. The largest absolute Gasteiger partial charge is 0.507 e. The van der Waals surface area contributed by atoms with Crippen LogP contribution in [0.2, 0.25) is 0 Å². The molecule has 3 aliphatic rings. The van der Waals surface area contributed by atoms with Crippen molar-refractivity contribution in [3.8, 4) is 23.0 Å². The summed E-state index contributed by atoms with van der Waals surface area (Å²) in [5.41, 5.74) is -0.476. The Morgan fingerprint density at radius 2 is 1.80 bits per heavy atom. The smallest absolute Gasteiger partial charge is 0.411 e. The van der Waals surface area contributed by atoms with E-state index in [1.54, 1.807) is 6.92 Å². The maximum atomic E-state index is 13.5. The van der Waals surface area contributed by atoms with Crippen LogP contribution in [0.25, 0.3) is 0 Å². The molecule has 1 N–H and O–H groups in total. The Balaban J connectivity index is 1.66. The van der Waals surface area contributed by atoms with Crippen LogP contribution < -0.4 is 14.2 Å². The van der Waals surface area contributed by atoms with E-state index in [9.17, 15) is 27.9 Å². The van der Waals surface area contributed by atoms with Gasteiger partial charge in [-0.1, -0.05) is 0 Å². The first kappa shape index (κ1) is 23.4. The molecular weight excluding hydrogens is 473 g/mol. The summed E-state index contributed by atoms with van der Waals surface area (Å²) in [6.45, 7) is 0.109. The van der Waals surface area contributed by atoms with Gasteiger partial charge in [-0.3, -0.25) is 9.59 Å². The van der Waals surface area contributed by atoms with Crippen molar-refractivity contribution < 1.29 is 51.6 Å². The molecule has 8 nitrogen and oxygen atoms in total. The van der Waals surface area contributed by atoms with Crippen LogP contribution >= 0.6 is 0 Å². The maximum Gasteiger partial charge on any atom is 0.411 e. The third kappa shape index (κ3) is 3.69. The van der Waals surface area contributed by atoms with Crippen molar-refractivity contribution in [2.45, 2.75) is 43.9 Å².